The Hall–Kier alpha value is -4.55. The number of piperidine rings is 1. The zero-order chi connectivity index (χ0) is 44.9. The molecule has 1 saturated carbocycles. The molecule has 0 bridgehead atoms. The van der Waals surface area contributed by atoms with Gasteiger partial charge in [-0.3, -0.25) is 24.0 Å². The number of fused-ring (bicyclic) bond motifs is 1. The van der Waals surface area contributed by atoms with Crippen LogP contribution in [0.3, 0.4) is 0 Å². The van der Waals surface area contributed by atoms with Crippen LogP contribution in [0, 0.1) is 28.1 Å². The van der Waals surface area contributed by atoms with Crippen LogP contribution >= 0.6 is 0 Å². The van der Waals surface area contributed by atoms with Gasteiger partial charge in [-0.15, -0.1) is 6.58 Å². The van der Waals surface area contributed by atoms with E-state index in [4.69, 9.17) is 4.74 Å². The van der Waals surface area contributed by atoms with Gasteiger partial charge in [0.05, 0.1) is 18.6 Å². The van der Waals surface area contributed by atoms with Crippen molar-refractivity contribution in [1.29, 1.82) is 0 Å². The summed E-state index contributed by atoms with van der Waals surface area (Å²) in [7, 11) is 0. The zero-order valence-corrected chi connectivity index (χ0v) is 38.0. The average molecular weight is 846 g/mol. The molecular formula is C48H71N5O8. The van der Waals surface area contributed by atoms with E-state index < -0.39 is 70.6 Å². The lowest BCUT2D eigenvalue weighted by Gasteiger charge is -2.41. The quantitative estimate of drug-likeness (QED) is 0.136. The second kappa shape index (κ2) is 19.7. The molecule has 13 heteroatoms. The van der Waals surface area contributed by atoms with E-state index in [0.717, 1.165) is 31.2 Å². The zero-order valence-electron chi connectivity index (χ0n) is 38.0. The predicted octanol–water partition coefficient (Wildman–Crippen LogP) is 6.80. The fraction of sp³-hybridized carbons (Fsp3) is 0.688. The van der Waals surface area contributed by atoms with E-state index >= 15 is 0 Å². The number of nitrogens with zero attached hydrogens (tertiary/aromatic N) is 3. The Labute approximate surface area is 363 Å². The minimum Gasteiger partial charge on any atom is -0.444 e. The summed E-state index contributed by atoms with van der Waals surface area (Å²) >= 11 is 0. The molecule has 0 radical (unpaired) electrons. The molecule has 3 aliphatic heterocycles. The number of carbonyl (C=O) groups excluding carboxylic acids is 7. The highest BCUT2D eigenvalue weighted by Gasteiger charge is 2.47. The molecule has 5 rings (SSSR count). The Kier molecular flexibility index (Phi) is 15.3. The van der Waals surface area contributed by atoms with E-state index in [2.05, 4.69) is 31.1 Å². The van der Waals surface area contributed by atoms with Gasteiger partial charge in [0.15, 0.2) is 11.6 Å². The van der Waals surface area contributed by atoms with Crippen LogP contribution in [-0.4, -0.2) is 106 Å². The molecule has 5 atom stereocenters. The third-order valence-electron chi connectivity index (χ3n) is 13.3. The fourth-order valence-corrected chi connectivity index (χ4v) is 8.94. The smallest absolute Gasteiger partial charge is 0.410 e. The Balaban J connectivity index is 1.37. The number of Topliss-reactive ketones (excluding diaryl/α,β-unsaturated/α-hetero) is 3. The largest absolute Gasteiger partial charge is 0.444 e. The number of nitrogens with one attached hydrogen (secondary N) is 2. The molecule has 1 aromatic rings. The van der Waals surface area contributed by atoms with Crippen molar-refractivity contribution in [3.8, 4) is 0 Å². The summed E-state index contributed by atoms with van der Waals surface area (Å²) in [6.07, 6.45) is 5.64. The first-order valence-corrected chi connectivity index (χ1v) is 22.4. The van der Waals surface area contributed by atoms with Crippen LogP contribution in [0.2, 0.25) is 0 Å². The molecule has 4 aliphatic rings. The lowest BCUT2D eigenvalue weighted by Crippen LogP contribution is -2.61. The molecule has 5 amide bonds. The molecule has 336 valence electrons. The molecule has 2 saturated heterocycles. The fourth-order valence-electron chi connectivity index (χ4n) is 8.94. The van der Waals surface area contributed by atoms with Crippen molar-refractivity contribution in [2.75, 3.05) is 26.2 Å². The van der Waals surface area contributed by atoms with Gasteiger partial charge in [0.2, 0.25) is 17.6 Å². The van der Waals surface area contributed by atoms with Crippen LogP contribution in [0.25, 0.3) is 0 Å². The van der Waals surface area contributed by atoms with Crippen LogP contribution in [0.15, 0.2) is 36.9 Å². The number of ketones is 3. The number of ether oxygens (including phenoxy) is 1. The second-order valence-electron chi connectivity index (χ2n) is 21.0. The van der Waals surface area contributed by atoms with Gasteiger partial charge in [0, 0.05) is 57.8 Å². The van der Waals surface area contributed by atoms with Gasteiger partial charge >= 0.3 is 12.1 Å². The SMILES string of the molecule is C=CCCC(=O)C(=O)C(CC(=O)[C@@H]1C[C@@H](OC(=O)N2CCc3ccccc3C2)CN1C(=O)[C@@H](NC(=O)N[C@H](CN1CCC(C)(C)CC1=O)C(C)(C)C)C(C)(C)C)CC1CCC1. The number of urea groups is 1. The standard InChI is InChI=1S/C48H71N5O8/c1-10-11-19-37(54)41(57)34(24-31-15-14-16-31)25-38(55)36-26-35(61-45(60)52-22-20-32-17-12-13-18-33(32)28-52)29-53(36)43(58)42(47(5,6)7)50-44(59)49-39(46(2,3)4)30-51-23-21-48(8,9)27-40(51)56/h10,12-13,17-18,31,34-36,39,42H,1,11,14-16,19-30H2,2-9H3,(H2,49,50,59)/t34?,35-,36+,39-,42-/m1/s1. The molecule has 1 aliphatic carbocycles. The lowest BCUT2D eigenvalue weighted by atomic mass is 9.75. The first-order chi connectivity index (χ1) is 28.6. The van der Waals surface area contributed by atoms with Gasteiger partial charge in [0.1, 0.15) is 12.1 Å². The molecule has 1 unspecified atom stereocenters. The third kappa shape index (κ3) is 12.5. The Morgan fingerprint density at radius 2 is 1.66 bits per heavy atom. The van der Waals surface area contributed by atoms with Crippen LogP contribution in [0.5, 0.6) is 0 Å². The highest BCUT2D eigenvalue weighted by Crippen LogP contribution is 2.36. The van der Waals surface area contributed by atoms with Crippen molar-refractivity contribution in [2.24, 2.45) is 28.1 Å². The number of benzene rings is 1. The van der Waals surface area contributed by atoms with Crippen LogP contribution in [0.4, 0.5) is 9.59 Å². The highest BCUT2D eigenvalue weighted by molar-refractivity contribution is 6.38. The average Bonchev–Trinajstić information content (AvgIpc) is 3.59. The molecule has 61 heavy (non-hydrogen) atoms. The van der Waals surface area contributed by atoms with Gasteiger partial charge in [-0.05, 0) is 59.0 Å². The molecule has 3 fully saturated rings. The van der Waals surface area contributed by atoms with Crippen molar-refractivity contribution < 1.29 is 38.3 Å². The van der Waals surface area contributed by atoms with Crippen LogP contribution < -0.4 is 10.6 Å². The maximum absolute atomic E-state index is 14.9. The van der Waals surface area contributed by atoms with Crippen LogP contribution in [0.1, 0.15) is 131 Å². The first-order valence-electron chi connectivity index (χ1n) is 22.4. The second-order valence-corrected chi connectivity index (χ2v) is 21.0. The minimum atomic E-state index is -1.11. The van der Waals surface area contributed by atoms with E-state index in [1.54, 1.807) is 15.9 Å². The number of carbonyl (C=O) groups is 7. The summed E-state index contributed by atoms with van der Waals surface area (Å²) in [5.74, 6) is -2.54. The predicted molar refractivity (Wildman–Crippen MR) is 233 cm³/mol. The molecule has 0 aromatic heterocycles. The monoisotopic (exact) mass is 846 g/mol. The van der Waals surface area contributed by atoms with E-state index in [1.807, 2.05) is 65.8 Å². The van der Waals surface area contributed by atoms with E-state index in [-0.39, 0.29) is 48.8 Å². The molecular weight excluding hydrogens is 775 g/mol. The third-order valence-corrected chi connectivity index (χ3v) is 13.3. The van der Waals surface area contributed by atoms with Crippen molar-refractivity contribution in [3.05, 3.63) is 48.0 Å². The lowest BCUT2D eigenvalue weighted by molar-refractivity contribution is -0.143. The van der Waals surface area contributed by atoms with Gasteiger partial charge in [-0.25, -0.2) is 9.59 Å². The van der Waals surface area contributed by atoms with Crippen molar-refractivity contribution in [3.63, 3.8) is 0 Å². The Morgan fingerprint density at radius 1 is 0.967 bits per heavy atom. The summed E-state index contributed by atoms with van der Waals surface area (Å²) in [4.78, 5) is 102. The van der Waals surface area contributed by atoms with Gasteiger partial charge in [-0.1, -0.05) is 105 Å². The van der Waals surface area contributed by atoms with Crippen LogP contribution in [-0.2, 0) is 41.7 Å². The minimum absolute atomic E-state index is 0.0192. The Morgan fingerprint density at radius 3 is 2.26 bits per heavy atom. The van der Waals surface area contributed by atoms with E-state index in [9.17, 15) is 33.6 Å². The number of rotatable bonds is 16. The van der Waals surface area contributed by atoms with E-state index in [0.29, 0.717) is 51.9 Å². The van der Waals surface area contributed by atoms with Gasteiger partial charge in [0.25, 0.3) is 0 Å². The van der Waals surface area contributed by atoms with Gasteiger partial charge < -0.3 is 30.1 Å². The highest BCUT2D eigenvalue weighted by atomic mass is 16.6. The molecule has 2 N–H and O–H groups in total. The maximum Gasteiger partial charge on any atom is 0.410 e. The number of hydrogen-bond donors (Lipinski definition) is 2. The summed E-state index contributed by atoms with van der Waals surface area (Å²) in [5, 5.41) is 6.00. The summed E-state index contributed by atoms with van der Waals surface area (Å²) in [5.41, 5.74) is 0.851. The first kappa shape index (κ1) is 47.5. The topological polar surface area (TPSA) is 162 Å². The number of amides is 5. The summed E-state index contributed by atoms with van der Waals surface area (Å²) in [6, 6.07) is 4.73. The molecule has 13 nitrogen and oxygen atoms in total. The Bertz CT molecular complexity index is 1820. The molecule has 3 heterocycles. The summed E-state index contributed by atoms with van der Waals surface area (Å²) < 4.78 is 6.06. The molecule has 1 aromatic carbocycles. The van der Waals surface area contributed by atoms with Crippen molar-refractivity contribution >= 4 is 41.3 Å². The number of likely N-dealkylation sites (tertiary alicyclic amines) is 2. The summed E-state index contributed by atoms with van der Waals surface area (Å²) in [6.45, 7) is 20.9. The maximum atomic E-state index is 14.9. The van der Waals surface area contributed by atoms with Crippen molar-refractivity contribution in [1.82, 2.24) is 25.3 Å². The van der Waals surface area contributed by atoms with E-state index in [1.165, 1.54) is 10.5 Å². The normalized spacial score (nSPS) is 22.0. The van der Waals surface area contributed by atoms with Crippen molar-refractivity contribution in [2.45, 2.75) is 157 Å². The number of hydrogen-bond acceptors (Lipinski definition) is 8. The molecule has 0 spiro atoms. The van der Waals surface area contributed by atoms with Gasteiger partial charge in [-0.2, -0.15) is 0 Å². The number of allylic oxidation sites excluding steroid dienone is 1.